The van der Waals surface area contributed by atoms with Gasteiger partial charge < -0.3 is 14.5 Å². The molecule has 0 fully saturated rings. The Labute approximate surface area is 107 Å². The van der Waals surface area contributed by atoms with Crippen molar-refractivity contribution in [3.05, 3.63) is 29.5 Å². The first-order valence-electron chi connectivity index (χ1n) is 6.26. The molecule has 1 N–H and O–H groups in total. The Morgan fingerprint density at radius 3 is 2.50 bits per heavy atom. The lowest BCUT2D eigenvalue weighted by Gasteiger charge is -2.25. The largest absolute Gasteiger partial charge is 0.497 e. The summed E-state index contributed by atoms with van der Waals surface area (Å²) in [5.41, 5.74) is 3.02. The Kier molecular flexibility index (Phi) is 2.12. The molecule has 1 aromatic heterocycles. The lowest BCUT2D eigenvalue weighted by Crippen LogP contribution is -2.23. The molecule has 0 unspecified atom stereocenters. The van der Waals surface area contributed by atoms with E-state index in [1.54, 1.807) is 7.11 Å². The van der Waals surface area contributed by atoms with Crippen molar-refractivity contribution < 1.29 is 9.47 Å². The number of ether oxygens (including phenoxy) is 2. The number of aromatic amines is 1. The van der Waals surface area contributed by atoms with E-state index in [0.717, 1.165) is 11.3 Å². The zero-order valence-corrected chi connectivity index (χ0v) is 11.5. The molecule has 0 spiro atoms. The van der Waals surface area contributed by atoms with Crippen LogP contribution >= 0.6 is 0 Å². The summed E-state index contributed by atoms with van der Waals surface area (Å²) in [5, 5.41) is 1.19. The quantitative estimate of drug-likeness (QED) is 0.831. The van der Waals surface area contributed by atoms with E-state index in [1.165, 1.54) is 16.6 Å². The van der Waals surface area contributed by atoms with Gasteiger partial charge in [-0.1, -0.05) is 0 Å². The Balaban J connectivity index is 2.36. The van der Waals surface area contributed by atoms with E-state index in [2.05, 4.69) is 44.8 Å². The molecule has 2 aromatic rings. The second kappa shape index (κ2) is 3.29. The fourth-order valence-electron chi connectivity index (χ4n) is 3.11. The molecule has 2 heterocycles. The fraction of sp³-hybridized carbons (Fsp3) is 0.467. The molecule has 3 rings (SSSR count). The minimum absolute atomic E-state index is 0.273. The van der Waals surface area contributed by atoms with E-state index in [9.17, 15) is 0 Å². The minimum Gasteiger partial charge on any atom is -0.497 e. The van der Waals surface area contributed by atoms with Crippen LogP contribution in [0, 0.1) is 0 Å². The molecule has 1 aromatic carbocycles. The van der Waals surface area contributed by atoms with Crippen LogP contribution in [0.3, 0.4) is 0 Å². The first-order chi connectivity index (χ1) is 8.35. The molecule has 0 aliphatic carbocycles. The predicted octanol–water partition coefficient (Wildman–Crippen LogP) is 3.68. The maximum atomic E-state index is 6.16. The highest BCUT2D eigenvalue weighted by Gasteiger charge is 2.45. The average molecular weight is 245 g/mol. The topological polar surface area (TPSA) is 34.2 Å². The maximum absolute atomic E-state index is 6.16. The third-order valence-corrected chi connectivity index (χ3v) is 3.72. The van der Waals surface area contributed by atoms with Crippen LogP contribution in [0.1, 0.15) is 39.0 Å². The van der Waals surface area contributed by atoms with E-state index in [1.807, 2.05) is 6.07 Å². The molecule has 96 valence electrons. The molecule has 18 heavy (non-hydrogen) atoms. The Bertz CT molecular complexity index is 623. The van der Waals surface area contributed by atoms with Gasteiger partial charge in [-0.3, -0.25) is 0 Å². The van der Waals surface area contributed by atoms with Gasteiger partial charge in [-0.25, -0.2) is 0 Å². The van der Waals surface area contributed by atoms with E-state index >= 15 is 0 Å². The number of benzene rings is 1. The first-order valence-corrected chi connectivity index (χ1v) is 6.26. The van der Waals surface area contributed by atoms with Crippen LogP contribution < -0.4 is 4.74 Å². The molecule has 0 radical (unpaired) electrons. The van der Waals surface area contributed by atoms with Crippen LogP contribution in [-0.4, -0.2) is 12.1 Å². The van der Waals surface area contributed by atoms with Gasteiger partial charge in [-0.05, 0) is 45.9 Å². The normalized spacial score (nSPS) is 20.1. The smallest absolute Gasteiger partial charge is 0.119 e. The van der Waals surface area contributed by atoms with Gasteiger partial charge in [0.2, 0.25) is 0 Å². The van der Waals surface area contributed by atoms with Crippen molar-refractivity contribution in [1.82, 2.24) is 4.98 Å². The molecule has 3 heteroatoms. The first kappa shape index (κ1) is 11.6. The lowest BCUT2D eigenvalue weighted by molar-refractivity contribution is -0.106. The third kappa shape index (κ3) is 1.40. The predicted molar refractivity (Wildman–Crippen MR) is 72.0 cm³/mol. The molecule has 0 saturated carbocycles. The molecule has 1 aliphatic heterocycles. The monoisotopic (exact) mass is 245 g/mol. The maximum Gasteiger partial charge on any atom is 0.119 e. The lowest BCUT2D eigenvalue weighted by atomic mass is 9.94. The Morgan fingerprint density at radius 1 is 1.11 bits per heavy atom. The summed E-state index contributed by atoms with van der Waals surface area (Å²) in [7, 11) is 1.69. The van der Waals surface area contributed by atoms with Crippen LogP contribution in [-0.2, 0) is 15.9 Å². The van der Waals surface area contributed by atoms with Crippen molar-refractivity contribution in [3.63, 3.8) is 0 Å². The number of hydrogen-bond donors (Lipinski definition) is 1. The number of nitrogens with one attached hydrogen (secondary N) is 1. The van der Waals surface area contributed by atoms with Gasteiger partial charge in [0.1, 0.15) is 11.4 Å². The summed E-state index contributed by atoms with van der Waals surface area (Å²) < 4.78 is 11.5. The second-order valence-corrected chi connectivity index (χ2v) is 5.91. The van der Waals surface area contributed by atoms with Crippen LogP contribution in [0.15, 0.2) is 18.2 Å². The molecule has 1 aliphatic rings. The van der Waals surface area contributed by atoms with Crippen molar-refractivity contribution in [2.45, 2.75) is 38.9 Å². The molecule has 0 bridgehead atoms. The van der Waals surface area contributed by atoms with Gasteiger partial charge in [0.05, 0.1) is 18.4 Å². The molecule has 0 amide bonds. The number of fused-ring (bicyclic) bond motifs is 3. The highest BCUT2D eigenvalue weighted by molar-refractivity contribution is 5.87. The second-order valence-electron chi connectivity index (χ2n) is 5.91. The van der Waals surface area contributed by atoms with Gasteiger partial charge in [0, 0.05) is 16.5 Å². The molecule has 3 nitrogen and oxygen atoms in total. The Hall–Kier alpha value is -1.48. The van der Waals surface area contributed by atoms with Crippen molar-refractivity contribution in [2.24, 2.45) is 0 Å². The number of aromatic nitrogens is 1. The summed E-state index contributed by atoms with van der Waals surface area (Å²) >= 11 is 0. The highest BCUT2D eigenvalue weighted by atomic mass is 16.5. The molecule has 0 saturated heterocycles. The zero-order chi connectivity index (χ0) is 13.1. The summed E-state index contributed by atoms with van der Waals surface area (Å²) in [5.74, 6) is 0.879. The van der Waals surface area contributed by atoms with Crippen LogP contribution in [0.4, 0.5) is 0 Å². The van der Waals surface area contributed by atoms with Crippen LogP contribution in [0.2, 0.25) is 0 Å². The summed E-state index contributed by atoms with van der Waals surface area (Å²) in [4.78, 5) is 3.49. The van der Waals surface area contributed by atoms with E-state index in [-0.39, 0.29) is 11.2 Å². The van der Waals surface area contributed by atoms with E-state index in [4.69, 9.17) is 9.47 Å². The Morgan fingerprint density at radius 2 is 1.83 bits per heavy atom. The minimum atomic E-state index is -0.274. The fourth-order valence-corrected chi connectivity index (χ4v) is 3.11. The summed E-state index contributed by atoms with van der Waals surface area (Å²) in [6.45, 7) is 8.45. The average Bonchev–Trinajstić information content (AvgIpc) is 2.73. The number of H-pyrrole nitrogens is 1. The van der Waals surface area contributed by atoms with Gasteiger partial charge in [-0.15, -0.1) is 0 Å². The van der Waals surface area contributed by atoms with Crippen LogP contribution in [0.25, 0.3) is 10.9 Å². The molecule has 0 atom stereocenters. The summed E-state index contributed by atoms with van der Waals surface area (Å²) in [6.07, 6.45) is 0. The standard InChI is InChI=1S/C15H19NO2/c1-14(2)12-10-8-9(17-5)6-7-11(10)16-13(12)15(3,4)18-14/h6-8,16H,1-5H3. The van der Waals surface area contributed by atoms with Crippen molar-refractivity contribution in [3.8, 4) is 5.75 Å². The number of methoxy groups -OCH3 is 1. The van der Waals surface area contributed by atoms with E-state index < -0.39 is 0 Å². The van der Waals surface area contributed by atoms with Crippen LogP contribution in [0.5, 0.6) is 5.75 Å². The molecular formula is C15H19NO2. The SMILES string of the molecule is COc1ccc2[nH]c3c(c2c1)C(C)(C)OC3(C)C. The summed E-state index contributed by atoms with van der Waals surface area (Å²) in [6, 6.07) is 6.13. The zero-order valence-electron chi connectivity index (χ0n) is 11.5. The van der Waals surface area contributed by atoms with Gasteiger partial charge in [0.15, 0.2) is 0 Å². The highest BCUT2D eigenvalue weighted by Crippen LogP contribution is 2.49. The van der Waals surface area contributed by atoms with Gasteiger partial charge in [0.25, 0.3) is 0 Å². The number of hydrogen-bond acceptors (Lipinski definition) is 2. The molecular weight excluding hydrogens is 226 g/mol. The van der Waals surface area contributed by atoms with Crippen molar-refractivity contribution in [2.75, 3.05) is 7.11 Å². The van der Waals surface area contributed by atoms with Gasteiger partial charge >= 0.3 is 0 Å². The van der Waals surface area contributed by atoms with Gasteiger partial charge in [-0.2, -0.15) is 0 Å². The third-order valence-electron chi connectivity index (χ3n) is 3.72. The van der Waals surface area contributed by atoms with Crippen molar-refractivity contribution in [1.29, 1.82) is 0 Å². The van der Waals surface area contributed by atoms with E-state index in [0.29, 0.717) is 0 Å². The number of rotatable bonds is 1. The van der Waals surface area contributed by atoms with Crippen molar-refractivity contribution >= 4 is 10.9 Å².